The number of benzene rings is 2. The van der Waals surface area contributed by atoms with Crippen LogP contribution in [0, 0.1) is 0 Å². The molecular formula is C21H30O. The molecule has 0 aliphatic carbocycles. The maximum absolute atomic E-state index is 5.69. The van der Waals surface area contributed by atoms with Crippen molar-refractivity contribution in [3.8, 4) is 5.75 Å². The molecule has 0 atom stereocenters. The molecule has 0 unspecified atom stereocenters. The monoisotopic (exact) mass is 298 g/mol. The Hall–Kier alpha value is -1.50. The number of ether oxygens (including phenoxy) is 1. The van der Waals surface area contributed by atoms with Crippen molar-refractivity contribution < 1.29 is 4.74 Å². The van der Waals surface area contributed by atoms with Crippen molar-refractivity contribution in [2.75, 3.05) is 7.11 Å². The van der Waals surface area contributed by atoms with Crippen molar-refractivity contribution in [3.05, 3.63) is 41.5 Å². The third kappa shape index (κ3) is 3.29. The zero-order chi connectivity index (χ0) is 16.5. The van der Waals surface area contributed by atoms with Crippen molar-refractivity contribution in [1.82, 2.24) is 0 Å². The highest BCUT2D eigenvalue weighted by Crippen LogP contribution is 2.37. The van der Waals surface area contributed by atoms with E-state index >= 15 is 0 Å². The van der Waals surface area contributed by atoms with Crippen molar-refractivity contribution in [2.45, 2.75) is 65.2 Å². The number of rotatable bonds is 4. The summed E-state index contributed by atoms with van der Waals surface area (Å²) >= 11 is 0. The summed E-state index contributed by atoms with van der Waals surface area (Å²) in [6.45, 7) is 13.6. The van der Waals surface area contributed by atoms with Crippen LogP contribution in [-0.4, -0.2) is 7.11 Å². The zero-order valence-corrected chi connectivity index (χ0v) is 15.2. The predicted octanol–water partition coefficient (Wildman–Crippen LogP) is 6.22. The second-order valence-corrected chi connectivity index (χ2v) is 8.00. The predicted molar refractivity (Wildman–Crippen MR) is 97.1 cm³/mol. The highest BCUT2D eigenvalue weighted by molar-refractivity contribution is 5.90. The third-order valence-electron chi connectivity index (χ3n) is 4.66. The number of hydrogen-bond donors (Lipinski definition) is 0. The van der Waals surface area contributed by atoms with Crippen LogP contribution in [0.2, 0.25) is 0 Å². The lowest BCUT2D eigenvalue weighted by Crippen LogP contribution is -2.16. The van der Waals surface area contributed by atoms with E-state index in [4.69, 9.17) is 4.74 Å². The topological polar surface area (TPSA) is 9.23 Å². The Morgan fingerprint density at radius 2 is 1.59 bits per heavy atom. The molecule has 120 valence electrons. The van der Waals surface area contributed by atoms with Crippen molar-refractivity contribution >= 4 is 10.8 Å². The van der Waals surface area contributed by atoms with Crippen LogP contribution in [0.1, 0.15) is 65.5 Å². The molecule has 0 radical (unpaired) electrons. The first-order valence-electron chi connectivity index (χ1n) is 8.32. The summed E-state index contributed by atoms with van der Waals surface area (Å²) in [6.07, 6.45) is 2.39. The van der Waals surface area contributed by atoms with E-state index in [0.717, 1.165) is 5.75 Å². The summed E-state index contributed by atoms with van der Waals surface area (Å²) in [6, 6.07) is 11.3. The minimum absolute atomic E-state index is 0.127. The van der Waals surface area contributed by atoms with Crippen molar-refractivity contribution in [2.24, 2.45) is 0 Å². The minimum atomic E-state index is 0.127. The molecule has 0 spiro atoms. The summed E-state index contributed by atoms with van der Waals surface area (Å²) in [4.78, 5) is 0. The fourth-order valence-electron chi connectivity index (χ4n) is 3.12. The van der Waals surface area contributed by atoms with E-state index in [1.165, 1.54) is 34.7 Å². The molecule has 22 heavy (non-hydrogen) atoms. The standard InChI is InChI=1S/C21H30O/c1-8-11-21(5,6)16-10-9-15-12-17(20(2,3)4)14-19(22-7)18(15)13-16/h9-10,12-14H,8,11H2,1-7H3. The van der Waals surface area contributed by atoms with E-state index in [-0.39, 0.29) is 10.8 Å². The Morgan fingerprint density at radius 1 is 0.909 bits per heavy atom. The molecule has 0 heterocycles. The highest BCUT2D eigenvalue weighted by atomic mass is 16.5. The van der Waals surface area contributed by atoms with Gasteiger partial charge in [-0.15, -0.1) is 0 Å². The molecule has 0 saturated carbocycles. The SMILES string of the molecule is CCCC(C)(C)c1ccc2cc(C(C)(C)C)cc(OC)c2c1. The summed E-state index contributed by atoms with van der Waals surface area (Å²) in [7, 11) is 1.77. The van der Waals surface area contributed by atoms with E-state index in [9.17, 15) is 0 Å². The molecule has 0 amide bonds. The first kappa shape index (κ1) is 16.9. The van der Waals surface area contributed by atoms with Gasteiger partial charge in [-0.25, -0.2) is 0 Å². The summed E-state index contributed by atoms with van der Waals surface area (Å²) in [5.74, 6) is 0.983. The van der Waals surface area contributed by atoms with Gasteiger partial charge in [0.15, 0.2) is 0 Å². The van der Waals surface area contributed by atoms with Crippen LogP contribution in [-0.2, 0) is 10.8 Å². The molecule has 2 rings (SSSR count). The van der Waals surface area contributed by atoms with E-state index in [2.05, 4.69) is 71.9 Å². The van der Waals surface area contributed by atoms with Gasteiger partial charge in [0.05, 0.1) is 7.11 Å². The zero-order valence-electron chi connectivity index (χ0n) is 15.2. The molecule has 0 saturated heterocycles. The summed E-state index contributed by atoms with van der Waals surface area (Å²) < 4.78 is 5.69. The van der Waals surface area contributed by atoms with E-state index in [0.29, 0.717) is 0 Å². The van der Waals surface area contributed by atoms with Crippen LogP contribution in [0.5, 0.6) is 5.75 Å². The first-order chi connectivity index (χ1) is 10.2. The smallest absolute Gasteiger partial charge is 0.126 e. The average molecular weight is 298 g/mol. The first-order valence-corrected chi connectivity index (χ1v) is 8.32. The van der Waals surface area contributed by atoms with Gasteiger partial charge in [0, 0.05) is 5.39 Å². The number of fused-ring (bicyclic) bond motifs is 1. The van der Waals surface area contributed by atoms with Crippen molar-refractivity contribution in [1.29, 1.82) is 0 Å². The molecule has 0 bridgehead atoms. The van der Waals surface area contributed by atoms with Gasteiger partial charge >= 0.3 is 0 Å². The molecule has 0 fully saturated rings. The molecule has 0 aliphatic rings. The summed E-state index contributed by atoms with van der Waals surface area (Å²) in [5, 5.41) is 2.48. The largest absolute Gasteiger partial charge is 0.496 e. The normalized spacial score (nSPS) is 12.7. The minimum Gasteiger partial charge on any atom is -0.496 e. The van der Waals surface area contributed by atoms with E-state index in [1.807, 2.05) is 0 Å². The van der Waals surface area contributed by atoms with Gasteiger partial charge in [0.2, 0.25) is 0 Å². The van der Waals surface area contributed by atoms with Gasteiger partial charge in [0.1, 0.15) is 5.75 Å². The Kier molecular flexibility index (Phi) is 4.56. The van der Waals surface area contributed by atoms with Gasteiger partial charge in [0.25, 0.3) is 0 Å². The van der Waals surface area contributed by atoms with Crippen LogP contribution >= 0.6 is 0 Å². The molecule has 0 N–H and O–H groups in total. The molecular weight excluding hydrogens is 268 g/mol. The number of hydrogen-bond acceptors (Lipinski definition) is 1. The van der Waals surface area contributed by atoms with Gasteiger partial charge in [-0.3, -0.25) is 0 Å². The lowest BCUT2D eigenvalue weighted by atomic mass is 9.79. The second-order valence-electron chi connectivity index (χ2n) is 8.00. The Bertz CT molecular complexity index is 659. The fraction of sp³-hybridized carbons (Fsp3) is 0.524. The lowest BCUT2D eigenvalue weighted by molar-refractivity contribution is 0.417. The van der Waals surface area contributed by atoms with Crippen LogP contribution in [0.3, 0.4) is 0 Å². The van der Waals surface area contributed by atoms with Crippen LogP contribution < -0.4 is 4.74 Å². The number of methoxy groups -OCH3 is 1. The maximum Gasteiger partial charge on any atom is 0.126 e. The third-order valence-corrected chi connectivity index (χ3v) is 4.66. The molecule has 1 heteroatoms. The van der Waals surface area contributed by atoms with Crippen LogP contribution in [0.25, 0.3) is 10.8 Å². The second kappa shape index (κ2) is 5.95. The van der Waals surface area contributed by atoms with Gasteiger partial charge in [-0.05, 0) is 45.9 Å². The van der Waals surface area contributed by atoms with Crippen molar-refractivity contribution in [3.63, 3.8) is 0 Å². The van der Waals surface area contributed by atoms with Gasteiger partial charge < -0.3 is 4.74 Å². The van der Waals surface area contributed by atoms with E-state index < -0.39 is 0 Å². The average Bonchev–Trinajstić information content (AvgIpc) is 2.44. The van der Waals surface area contributed by atoms with Crippen LogP contribution in [0.15, 0.2) is 30.3 Å². The molecule has 2 aromatic rings. The molecule has 0 aromatic heterocycles. The van der Waals surface area contributed by atoms with E-state index in [1.54, 1.807) is 7.11 Å². The Labute approximate surface area is 135 Å². The lowest BCUT2D eigenvalue weighted by Gasteiger charge is -2.26. The fourth-order valence-corrected chi connectivity index (χ4v) is 3.12. The van der Waals surface area contributed by atoms with Gasteiger partial charge in [-0.1, -0.05) is 66.2 Å². The van der Waals surface area contributed by atoms with Gasteiger partial charge in [-0.2, -0.15) is 0 Å². The maximum atomic E-state index is 5.69. The molecule has 1 nitrogen and oxygen atoms in total. The molecule has 0 aliphatic heterocycles. The Morgan fingerprint density at radius 3 is 2.14 bits per heavy atom. The highest BCUT2D eigenvalue weighted by Gasteiger charge is 2.21. The quantitative estimate of drug-likeness (QED) is 0.650. The molecule has 2 aromatic carbocycles. The Balaban J connectivity index is 2.63. The van der Waals surface area contributed by atoms with Crippen LogP contribution in [0.4, 0.5) is 0 Å². The summed E-state index contributed by atoms with van der Waals surface area (Å²) in [5.41, 5.74) is 3.04.